The van der Waals surface area contributed by atoms with Crippen LogP contribution in [0, 0.1) is 28.4 Å². The molecule has 0 radical (unpaired) electrons. The van der Waals surface area contributed by atoms with Crippen LogP contribution in [0.2, 0.25) is 0 Å². The molecule has 8 heteroatoms. The van der Waals surface area contributed by atoms with E-state index in [-0.39, 0.29) is 11.3 Å². The third kappa shape index (κ3) is 2.20. The minimum atomic E-state index is -0.770. The van der Waals surface area contributed by atoms with Crippen molar-refractivity contribution in [3.63, 3.8) is 0 Å². The fourth-order valence-electron chi connectivity index (χ4n) is 1.75. The lowest BCUT2D eigenvalue weighted by molar-refractivity contribution is -0.384. The number of non-ortho nitro benzene ring substituents is 1. The van der Waals surface area contributed by atoms with Gasteiger partial charge in [-0.1, -0.05) is 0 Å². The molecule has 8 nitrogen and oxygen atoms in total. The van der Waals surface area contributed by atoms with Crippen molar-refractivity contribution in [1.29, 1.82) is 5.26 Å². The highest BCUT2D eigenvalue weighted by molar-refractivity contribution is 5.48. The van der Waals surface area contributed by atoms with Crippen LogP contribution < -0.4 is 11.2 Å². The molecule has 0 amide bonds. The number of H-pyrrole nitrogens is 1. The molecule has 0 fully saturated rings. The molecule has 1 heterocycles. The maximum absolute atomic E-state index is 11.7. The van der Waals surface area contributed by atoms with Crippen molar-refractivity contribution in [3.05, 3.63) is 66.5 Å². The van der Waals surface area contributed by atoms with Crippen molar-refractivity contribution in [2.75, 3.05) is 0 Å². The first-order valence-corrected chi connectivity index (χ1v) is 5.45. The molecule has 20 heavy (non-hydrogen) atoms. The van der Waals surface area contributed by atoms with Crippen LogP contribution in [0.25, 0.3) is 5.69 Å². The number of nitro benzene ring substituents is 1. The van der Waals surface area contributed by atoms with Crippen molar-refractivity contribution in [3.8, 4) is 11.8 Å². The summed E-state index contributed by atoms with van der Waals surface area (Å²) in [7, 11) is 0. The fraction of sp³-hybridized carbons (Fsp3) is 0.0833. The highest BCUT2D eigenvalue weighted by atomic mass is 16.6. The summed E-state index contributed by atoms with van der Waals surface area (Å²) in [6.07, 6.45) is 1.11. The number of nitriles is 1. The zero-order chi connectivity index (χ0) is 14.9. The Bertz CT molecular complexity index is 857. The van der Waals surface area contributed by atoms with Gasteiger partial charge in [0, 0.05) is 18.3 Å². The van der Waals surface area contributed by atoms with E-state index in [1.165, 1.54) is 18.2 Å². The zero-order valence-corrected chi connectivity index (χ0v) is 10.3. The molecule has 100 valence electrons. The van der Waals surface area contributed by atoms with Gasteiger partial charge in [0.15, 0.2) is 0 Å². The van der Waals surface area contributed by atoms with E-state index in [0.717, 1.165) is 10.8 Å². The summed E-state index contributed by atoms with van der Waals surface area (Å²) in [4.78, 5) is 35.2. The Kier molecular flexibility index (Phi) is 3.18. The Labute approximate surface area is 111 Å². The van der Waals surface area contributed by atoms with Gasteiger partial charge in [0.2, 0.25) is 0 Å². The predicted molar refractivity (Wildman–Crippen MR) is 68.8 cm³/mol. The fourth-order valence-corrected chi connectivity index (χ4v) is 1.75. The van der Waals surface area contributed by atoms with Gasteiger partial charge in [-0.25, -0.2) is 4.79 Å². The summed E-state index contributed by atoms with van der Waals surface area (Å²) in [5, 5.41) is 19.5. The summed E-state index contributed by atoms with van der Waals surface area (Å²) < 4.78 is 1.07. The summed E-state index contributed by atoms with van der Waals surface area (Å²) in [6.45, 7) is 1.59. The SMILES string of the molecule is Cc1cc([N+](=O)[O-])ccc1-n1cc(C#N)c(=O)[nH]c1=O. The van der Waals surface area contributed by atoms with Crippen molar-refractivity contribution in [1.82, 2.24) is 9.55 Å². The van der Waals surface area contributed by atoms with Crippen molar-refractivity contribution in [2.45, 2.75) is 6.92 Å². The highest BCUT2D eigenvalue weighted by Gasteiger charge is 2.12. The second kappa shape index (κ2) is 4.81. The number of aromatic amines is 1. The third-order valence-corrected chi connectivity index (χ3v) is 2.71. The number of benzene rings is 1. The van der Waals surface area contributed by atoms with Crippen LogP contribution in [-0.4, -0.2) is 14.5 Å². The summed E-state index contributed by atoms with van der Waals surface area (Å²) >= 11 is 0. The number of hydrogen-bond donors (Lipinski definition) is 1. The number of nitrogens with zero attached hydrogens (tertiary/aromatic N) is 3. The number of hydrogen-bond acceptors (Lipinski definition) is 5. The second-order valence-electron chi connectivity index (χ2n) is 4.01. The largest absolute Gasteiger partial charge is 0.332 e. The van der Waals surface area contributed by atoms with Gasteiger partial charge in [0.25, 0.3) is 11.2 Å². The maximum atomic E-state index is 11.7. The van der Waals surface area contributed by atoms with Gasteiger partial charge < -0.3 is 0 Å². The molecule has 1 N–H and O–H groups in total. The predicted octanol–water partition coefficient (Wildman–Crippen LogP) is 0.614. The molecule has 1 aromatic carbocycles. The minimum Gasteiger partial charge on any atom is -0.273 e. The second-order valence-corrected chi connectivity index (χ2v) is 4.01. The topological polar surface area (TPSA) is 122 Å². The third-order valence-electron chi connectivity index (χ3n) is 2.71. The Morgan fingerprint density at radius 1 is 1.40 bits per heavy atom. The molecular formula is C12H8N4O4. The number of rotatable bonds is 2. The van der Waals surface area contributed by atoms with Gasteiger partial charge in [-0.05, 0) is 18.6 Å². The summed E-state index contributed by atoms with van der Waals surface area (Å²) in [6, 6.07) is 5.60. The number of aromatic nitrogens is 2. The monoisotopic (exact) mass is 272 g/mol. The zero-order valence-electron chi connectivity index (χ0n) is 10.3. The van der Waals surface area contributed by atoms with Crippen LogP contribution in [-0.2, 0) is 0 Å². The number of nitrogens with one attached hydrogen (secondary N) is 1. The molecule has 0 bridgehead atoms. The Morgan fingerprint density at radius 3 is 2.65 bits per heavy atom. The average Bonchev–Trinajstić information content (AvgIpc) is 2.39. The van der Waals surface area contributed by atoms with E-state index in [2.05, 4.69) is 0 Å². The average molecular weight is 272 g/mol. The molecule has 0 unspecified atom stereocenters. The molecule has 2 aromatic rings. The molecule has 2 rings (SSSR count). The Hall–Kier alpha value is -3.21. The van der Waals surface area contributed by atoms with Gasteiger partial charge in [0.05, 0.1) is 10.6 Å². The van der Waals surface area contributed by atoms with Crippen LogP contribution in [0.3, 0.4) is 0 Å². The molecule has 1 aromatic heterocycles. The maximum Gasteiger partial charge on any atom is 0.332 e. The smallest absolute Gasteiger partial charge is 0.273 e. The molecular weight excluding hydrogens is 264 g/mol. The molecule has 0 aliphatic rings. The molecule has 0 aliphatic carbocycles. The number of nitro groups is 1. The van der Waals surface area contributed by atoms with E-state index in [4.69, 9.17) is 5.26 Å². The standard InChI is InChI=1S/C12H8N4O4/c1-7-4-9(16(19)20)2-3-10(7)15-6-8(5-13)11(17)14-12(15)18/h2-4,6H,1H3,(H,14,17,18). The van der Waals surface area contributed by atoms with Crippen LogP contribution in [0.5, 0.6) is 0 Å². The first kappa shape index (κ1) is 13.2. The van der Waals surface area contributed by atoms with Crippen molar-refractivity contribution in [2.24, 2.45) is 0 Å². The lowest BCUT2D eigenvalue weighted by Gasteiger charge is -2.08. The lowest BCUT2D eigenvalue weighted by Crippen LogP contribution is -2.30. The lowest BCUT2D eigenvalue weighted by atomic mass is 10.1. The van der Waals surface area contributed by atoms with Crippen molar-refractivity contribution >= 4 is 5.69 Å². The van der Waals surface area contributed by atoms with Gasteiger partial charge in [-0.3, -0.25) is 24.5 Å². The first-order valence-electron chi connectivity index (χ1n) is 5.45. The van der Waals surface area contributed by atoms with Crippen LogP contribution in [0.4, 0.5) is 5.69 Å². The van der Waals surface area contributed by atoms with E-state index in [1.807, 2.05) is 4.98 Å². The minimum absolute atomic E-state index is 0.107. The Morgan fingerprint density at radius 2 is 2.10 bits per heavy atom. The quantitative estimate of drug-likeness (QED) is 0.634. The molecule has 0 aliphatic heterocycles. The normalized spacial score (nSPS) is 10.0. The summed E-state index contributed by atoms with van der Waals surface area (Å²) in [5.41, 5.74) is -0.989. The first-order chi connectivity index (χ1) is 9.43. The van der Waals surface area contributed by atoms with Crippen molar-refractivity contribution < 1.29 is 4.92 Å². The van der Waals surface area contributed by atoms with Gasteiger partial charge in [-0.15, -0.1) is 0 Å². The van der Waals surface area contributed by atoms with Crippen LogP contribution in [0.15, 0.2) is 34.0 Å². The van der Waals surface area contributed by atoms with E-state index in [0.29, 0.717) is 11.3 Å². The molecule has 0 spiro atoms. The van der Waals surface area contributed by atoms with Gasteiger partial charge >= 0.3 is 5.69 Å². The van der Waals surface area contributed by atoms with Crippen LogP contribution in [0.1, 0.15) is 11.1 Å². The summed E-state index contributed by atoms with van der Waals surface area (Å²) in [5.74, 6) is 0. The van der Waals surface area contributed by atoms with E-state index in [1.54, 1.807) is 13.0 Å². The van der Waals surface area contributed by atoms with E-state index in [9.17, 15) is 19.7 Å². The van der Waals surface area contributed by atoms with E-state index < -0.39 is 16.2 Å². The molecule has 0 atom stereocenters. The molecule has 0 saturated heterocycles. The van der Waals surface area contributed by atoms with Gasteiger partial charge in [-0.2, -0.15) is 5.26 Å². The van der Waals surface area contributed by atoms with Crippen LogP contribution >= 0.6 is 0 Å². The Balaban J connectivity index is 2.70. The highest BCUT2D eigenvalue weighted by Crippen LogP contribution is 2.19. The van der Waals surface area contributed by atoms with Gasteiger partial charge in [0.1, 0.15) is 11.6 Å². The number of aryl methyl sites for hydroxylation is 1. The molecule has 0 saturated carbocycles. The van der Waals surface area contributed by atoms with E-state index >= 15 is 0 Å².